The van der Waals surface area contributed by atoms with Gasteiger partial charge in [0.15, 0.2) is 16.7 Å². The lowest BCUT2D eigenvalue weighted by Crippen LogP contribution is -2.41. The molecule has 0 bridgehead atoms. The van der Waals surface area contributed by atoms with Crippen LogP contribution in [0, 0.1) is 5.82 Å². The number of fused-ring (bicyclic) bond motifs is 1. The Hall–Kier alpha value is -2.88. The van der Waals surface area contributed by atoms with Crippen LogP contribution in [0.15, 0.2) is 24.3 Å². The number of rotatable bonds is 2. The molecule has 1 aliphatic rings. The molecule has 4 rings (SSSR count). The number of nitrogens with two attached hydrogens (primary N) is 1. The van der Waals surface area contributed by atoms with E-state index in [0.29, 0.717) is 35.3 Å². The fraction of sp³-hybridized carbons (Fsp3) is 0.267. The molecule has 2 aromatic heterocycles. The number of hydrogen-bond donors (Lipinski definition) is 1. The highest BCUT2D eigenvalue weighted by molar-refractivity contribution is 7.09. The summed E-state index contributed by atoms with van der Waals surface area (Å²) in [4.78, 5) is 18.6. The van der Waals surface area contributed by atoms with Crippen molar-refractivity contribution in [2.45, 2.75) is 19.5 Å². The molecule has 0 saturated carbocycles. The Morgan fingerprint density at radius 1 is 1.28 bits per heavy atom. The van der Waals surface area contributed by atoms with Gasteiger partial charge in [-0.1, -0.05) is 0 Å². The van der Waals surface area contributed by atoms with Crippen LogP contribution in [-0.4, -0.2) is 41.5 Å². The number of nitrogens with zero attached hydrogens (tertiary/aromatic N) is 6. The van der Waals surface area contributed by atoms with E-state index in [-0.39, 0.29) is 23.7 Å². The zero-order valence-corrected chi connectivity index (χ0v) is 14.1. The number of carbonyl (C=O) groups excluding carboxylic acids is 1. The number of benzene rings is 1. The molecule has 8 nitrogen and oxygen atoms in total. The quantitative estimate of drug-likeness (QED) is 0.747. The first-order valence-electron chi connectivity index (χ1n) is 7.64. The number of aromatic nitrogens is 5. The van der Waals surface area contributed by atoms with Gasteiger partial charge in [-0.05, 0) is 42.7 Å². The second-order valence-corrected chi connectivity index (χ2v) is 6.42. The van der Waals surface area contributed by atoms with E-state index in [4.69, 9.17) is 5.73 Å². The second kappa shape index (κ2) is 5.88. The van der Waals surface area contributed by atoms with E-state index in [9.17, 15) is 9.18 Å². The van der Waals surface area contributed by atoms with Crippen LogP contribution in [0.3, 0.4) is 0 Å². The van der Waals surface area contributed by atoms with Gasteiger partial charge in [-0.25, -0.2) is 4.39 Å². The maximum absolute atomic E-state index is 13.1. The molecule has 10 heteroatoms. The first-order valence-corrected chi connectivity index (χ1v) is 8.41. The SMILES string of the molecule is CC1c2nnc(-c3nc(N)ns3)n2CCN1C(=O)c1ccc(F)cc1. The largest absolute Gasteiger partial charge is 0.367 e. The van der Waals surface area contributed by atoms with Crippen LogP contribution in [-0.2, 0) is 6.54 Å². The van der Waals surface area contributed by atoms with Crippen LogP contribution in [0.1, 0.15) is 29.1 Å². The van der Waals surface area contributed by atoms with Gasteiger partial charge in [-0.15, -0.1) is 10.2 Å². The van der Waals surface area contributed by atoms with Crippen molar-refractivity contribution in [2.24, 2.45) is 0 Å². The number of hydrogen-bond acceptors (Lipinski definition) is 7. The smallest absolute Gasteiger partial charge is 0.254 e. The molecule has 1 unspecified atom stereocenters. The number of amides is 1. The first-order chi connectivity index (χ1) is 12.0. The van der Waals surface area contributed by atoms with Crippen molar-refractivity contribution >= 4 is 23.4 Å². The lowest BCUT2D eigenvalue weighted by Gasteiger charge is -2.33. The van der Waals surface area contributed by atoms with E-state index in [1.54, 1.807) is 4.90 Å². The first kappa shape index (κ1) is 15.6. The highest BCUT2D eigenvalue weighted by Crippen LogP contribution is 2.30. The maximum Gasteiger partial charge on any atom is 0.254 e. The minimum atomic E-state index is -0.371. The summed E-state index contributed by atoms with van der Waals surface area (Å²) < 4.78 is 19.0. The van der Waals surface area contributed by atoms with Crippen LogP contribution < -0.4 is 5.73 Å². The Labute approximate surface area is 146 Å². The lowest BCUT2D eigenvalue weighted by atomic mass is 10.1. The number of halogens is 1. The topological polar surface area (TPSA) is 103 Å². The normalized spacial score (nSPS) is 16.7. The van der Waals surface area contributed by atoms with Crippen LogP contribution in [0.25, 0.3) is 10.8 Å². The fourth-order valence-electron chi connectivity index (χ4n) is 2.90. The van der Waals surface area contributed by atoms with Crippen molar-refractivity contribution in [1.82, 2.24) is 29.0 Å². The number of anilines is 1. The Balaban J connectivity index is 1.63. The monoisotopic (exact) mass is 359 g/mol. The van der Waals surface area contributed by atoms with Crippen molar-refractivity contribution in [2.75, 3.05) is 12.3 Å². The number of carbonyl (C=O) groups is 1. The standard InChI is InChI=1S/C15H14FN7OS/c1-8-11-19-20-12(13-18-15(17)21-25-13)23(11)7-6-22(8)14(24)9-2-4-10(16)5-3-9/h2-5,8H,6-7H2,1H3,(H2,17,21). The third-order valence-corrected chi connectivity index (χ3v) is 4.90. The van der Waals surface area contributed by atoms with Gasteiger partial charge in [0.2, 0.25) is 5.95 Å². The predicted molar refractivity (Wildman–Crippen MR) is 89.2 cm³/mol. The molecule has 25 heavy (non-hydrogen) atoms. The van der Waals surface area contributed by atoms with Crippen molar-refractivity contribution in [1.29, 1.82) is 0 Å². The molecular formula is C15H14FN7OS. The second-order valence-electron chi connectivity index (χ2n) is 5.67. The molecule has 0 spiro atoms. The Morgan fingerprint density at radius 2 is 2.04 bits per heavy atom. The van der Waals surface area contributed by atoms with E-state index in [2.05, 4.69) is 19.6 Å². The van der Waals surface area contributed by atoms with Crippen molar-refractivity contribution < 1.29 is 9.18 Å². The Kier molecular flexibility index (Phi) is 3.68. The van der Waals surface area contributed by atoms with Crippen LogP contribution in [0.2, 0.25) is 0 Å². The molecule has 3 heterocycles. The molecule has 1 atom stereocenters. The Morgan fingerprint density at radius 3 is 2.72 bits per heavy atom. The van der Waals surface area contributed by atoms with Crippen LogP contribution in [0.4, 0.5) is 10.3 Å². The molecular weight excluding hydrogens is 345 g/mol. The summed E-state index contributed by atoms with van der Waals surface area (Å²) in [6.45, 7) is 2.91. The lowest BCUT2D eigenvalue weighted by molar-refractivity contribution is 0.0638. The minimum absolute atomic E-state index is 0.163. The summed E-state index contributed by atoms with van der Waals surface area (Å²) >= 11 is 1.16. The summed E-state index contributed by atoms with van der Waals surface area (Å²) in [6, 6.07) is 5.26. The molecule has 0 saturated heterocycles. The van der Waals surface area contributed by atoms with Crippen molar-refractivity contribution in [3.63, 3.8) is 0 Å². The van der Waals surface area contributed by atoms with Gasteiger partial charge >= 0.3 is 0 Å². The molecule has 1 aliphatic heterocycles. The summed E-state index contributed by atoms with van der Waals surface area (Å²) in [7, 11) is 0. The molecule has 0 fully saturated rings. The summed E-state index contributed by atoms with van der Waals surface area (Å²) in [5.74, 6) is 0.942. The molecule has 1 amide bonds. The Bertz CT molecular complexity index is 936. The van der Waals surface area contributed by atoms with E-state index in [1.807, 2.05) is 11.5 Å². The summed E-state index contributed by atoms with van der Waals surface area (Å²) in [6.07, 6.45) is 0. The zero-order valence-electron chi connectivity index (χ0n) is 13.3. The van der Waals surface area contributed by atoms with E-state index in [0.717, 1.165) is 11.5 Å². The molecule has 0 radical (unpaired) electrons. The van der Waals surface area contributed by atoms with Gasteiger partial charge in [0.1, 0.15) is 5.82 Å². The van der Waals surface area contributed by atoms with Gasteiger partial charge in [-0.3, -0.25) is 4.79 Å². The average Bonchev–Trinajstić information content (AvgIpc) is 3.21. The third-order valence-electron chi connectivity index (χ3n) is 4.17. The van der Waals surface area contributed by atoms with Crippen LogP contribution in [0.5, 0.6) is 0 Å². The number of nitrogen functional groups attached to an aromatic ring is 1. The van der Waals surface area contributed by atoms with Crippen LogP contribution >= 0.6 is 11.5 Å². The van der Waals surface area contributed by atoms with Gasteiger partial charge in [-0.2, -0.15) is 9.36 Å². The van der Waals surface area contributed by atoms with Gasteiger partial charge in [0, 0.05) is 18.7 Å². The summed E-state index contributed by atoms with van der Waals surface area (Å²) in [5.41, 5.74) is 6.02. The van der Waals surface area contributed by atoms with Crippen molar-refractivity contribution in [3.05, 3.63) is 41.5 Å². The average molecular weight is 359 g/mol. The van der Waals surface area contributed by atoms with Gasteiger partial charge in [0.25, 0.3) is 5.91 Å². The molecule has 128 valence electrons. The van der Waals surface area contributed by atoms with Gasteiger partial charge < -0.3 is 15.2 Å². The summed E-state index contributed by atoms with van der Waals surface area (Å²) in [5, 5.41) is 9.01. The fourth-order valence-corrected chi connectivity index (χ4v) is 3.49. The molecule has 0 aliphatic carbocycles. The van der Waals surface area contributed by atoms with Crippen molar-refractivity contribution in [3.8, 4) is 10.8 Å². The minimum Gasteiger partial charge on any atom is -0.367 e. The van der Waals surface area contributed by atoms with E-state index >= 15 is 0 Å². The zero-order chi connectivity index (χ0) is 17.6. The maximum atomic E-state index is 13.1. The van der Waals surface area contributed by atoms with Gasteiger partial charge in [0.05, 0.1) is 6.04 Å². The third kappa shape index (κ3) is 2.64. The highest BCUT2D eigenvalue weighted by atomic mass is 32.1. The highest BCUT2D eigenvalue weighted by Gasteiger charge is 2.32. The molecule has 2 N–H and O–H groups in total. The molecule has 1 aromatic carbocycles. The predicted octanol–water partition coefficient (Wildman–Crippen LogP) is 1.73. The molecule has 3 aromatic rings. The van der Waals surface area contributed by atoms with E-state index in [1.165, 1.54) is 24.3 Å². The van der Waals surface area contributed by atoms with E-state index < -0.39 is 0 Å².